The number of nitrogens with two attached hydrogens (primary N) is 1. The van der Waals surface area contributed by atoms with Crippen LogP contribution in [-0.4, -0.2) is 12.1 Å². The third kappa shape index (κ3) is 2.04. The van der Waals surface area contributed by atoms with Gasteiger partial charge in [0, 0.05) is 11.8 Å². The maximum atomic E-state index is 5.75. The summed E-state index contributed by atoms with van der Waals surface area (Å²) in [4.78, 5) is 4.03. The van der Waals surface area contributed by atoms with E-state index in [1.54, 1.807) is 13.3 Å². The van der Waals surface area contributed by atoms with Gasteiger partial charge in [-0.05, 0) is 54.2 Å². The van der Waals surface area contributed by atoms with Crippen LogP contribution in [0.15, 0.2) is 36.5 Å². The molecule has 0 spiro atoms. The van der Waals surface area contributed by atoms with Crippen molar-refractivity contribution in [2.75, 3.05) is 12.8 Å². The van der Waals surface area contributed by atoms with Gasteiger partial charge in [-0.15, -0.1) is 0 Å². The van der Waals surface area contributed by atoms with Gasteiger partial charge < -0.3 is 10.5 Å². The van der Waals surface area contributed by atoms with Crippen molar-refractivity contribution in [3.05, 3.63) is 42.1 Å². The molecule has 1 aliphatic carbocycles. The number of anilines is 1. The van der Waals surface area contributed by atoms with Crippen LogP contribution in [0, 0.1) is 0 Å². The van der Waals surface area contributed by atoms with Gasteiger partial charge in [-0.1, -0.05) is 6.07 Å². The van der Waals surface area contributed by atoms with E-state index in [2.05, 4.69) is 17.1 Å². The molecule has 0 bridgehead atoms. The number of benzene rings is 1. The highest BCUT2D eigenvalue weighted by atomic mass is 16.5. The zero-order valence-electron chi connectivity index (χ0n) is 10.4. The first-order valence-corrected chi connectivity index (χ1v) is 6.18. The molecule has 2 aromatic rings. The second-order valence-electron chi connectivity index (χ2n) is 4.70. The maximum Gasteiger partial charge on any atom is 0.126 e. The summed E-state index contributed by atoms with van der Waals surface area (Å²) < 4.78 is 5.43. The number of pyridine rings is 1. The largest absolute Gasteiger partial charge is 0.496 e. The lowest BCUT2D eigenvalue weighted by atomic mass is 10.0. The fraction of sp³-hybridized carbons (Fsp3) is 0.267. The summed E-state index contributed by atoms with van der Waals surface area (Å²) in [5, 5.41) is 0. The first-order valence-electron chi connectivity index (χ1n) is 6.18. The highest BCUT2D eigenvalue weighted by Gasteiger charge is 2.24. The SMILES string of the molecule is COc1ccc(C2CC2)cc1-c1ccnc(N)c1. The molecule has 92 valence electrons. The number of ether oxygens (including phenoxy) is 1. The summed E-state index contributed by atoms with van der Waals surface area (Å²) in [6.45, 7) is 0. The van der Waals surface area contributed by atoms with E-state index in [-0.39, 0.29) is 0 Å². The van der Waals surface area contributed by atoms with Crippen molar-refractivity contribution in [2.45, 2.75) is 18.8 Å². The van der Waals surface area contributed by atoms with E-state index < -0.39 is 0 Å². The summed E-state index contributed by atoms with van der Waals surface area (Å²) >= 11 is 0. The highest BCUT2D eigenvalue weighted by molar-refractivity contribution is 5.73. The van der Waals surface area contributed by atoms with Crippen LogP contribution in [0.25, 0.3) is 11.1 Å². The molecular formula is C15H16N2O. The van der Waals surface area contributed by atoms with E-state index in [4.69, 9.17) is 10.5 Å². The van der Waals surface area contributed by atoms with Gasteiger partial charge in [0.2, 0.25) is 0 Å². The Bertz CT molecular complexity index is 576. The van der Waals surface area contributed by atoms with Crippen molar-refractivity contribution in [3.8, 4) is 16.9 Å². The molecule has 0 amide bonds. The second-order valence-corrected chi connectivity index (χ2v) is 4.70. The van der Waals surface area contributed by atoms with Crippen LogP contribution < -0.4 is 10.5 Å². The van der Waals surface area contributed by atoms with E-state index in [0.717, 1.165) is 22.8 Å². The van der Waals surface area contributed by atoms with Gasteiger partial charge in [-0.25, -0.2) is 4.98 Å². The van der Waals surface area contributed by atoms with Crippen LogP contribution in [0.3, 0.4) is 0 Å². The number of rotatable bonds is 3. The number of methoxy groups -OCH3 is 1. The summed E-state index contributed by atoms with van der Waals surface area (Å²) in [5.41, 5.74) is 9.29. The van der Waals surface area contributed by atoms with Crippen LogP contribution >= 0.6 is 0 Å². The van der Waals surface area contributed by atoms with Crippen molar-refractivity contribution in [1.82, 2.24) is 4.98 Å². The van der Waals surface area contributed by atoms with Gasteiger partial charge in [-0.3, -0.25) is 0 Å². The van der Waals surface area contributed by atoms with Crippen LogP contribution in [0.1, 0.15) is 24.3 Å². The predicted octanol–water partition coefficient (Wildman–Crippen LogP) is 3.22. The molecule has 0 radical (unpaired) electrons. The normalized spacial score (nSPS) is 14.5. The Kier molecular flexibility index (Phi) is 2.67. The average Bonchev–Trinajstić information content (AvgIpc) is 3.22. The molecule has 3 heteroatoms. The zero-order chi connectivity index (χ0) is 12.5. The number of hydrogen-bond acceptors (Lipinski definition) is 3. The van der Waals surface area contributed by atoms with Crippen molar-refractivity contribution < 1.29 is 4.74 Å². The predicted molar refractivity (Wildman–Crippen MR) is 72.6 cm³/mol. The molecule has 1 aromatic heterocycles. The fourth-order valence-electron chi connectivity index (χ4n) is 2.24. The van der Waals surface area contributed by atoms with E-state index in [1.807, 2.05) is 18.2 Å². The van der Waals surface area contributed by atoms with Crippen molar-refractivity contribution in [3.63, 3.8) is 0 Å². The minimum absolute atomic E-state index is 0.534. The highest BCUT2D eigenvalue weighted by Crippen LogP contribution is 2.43. The molecule has 3 rings (SSSR count). The van der Waals surface area contributed by atoms with Crippen molar-refractivity contribution in [1.29, 1.82) is 0 Å². The van der Waals surface area contributed by atoms with E-state index in [0.29, 0.717) is 5.82 Å². The topological polar surface area (TPSA) is 48.1 Å². The molecular weight excluding hydrogens is 224 g/mol. The van der Waals surface area contributed by atoms with Crippen LogP contribution in [0.4, 0.5) is 5.82 Å². The second kappa shape index (κ2) is 4.33. The molecule has 0 atom stereocenters. The summed E-state index contributed by atoms with van der Waals surface area (Å²) in [5.74, 6) is 2.14. The number of nitrogen functional groups attached to an aromatic ring is 1. The first-order chi connectivity index (χ1) is 8.78. The molecule has 0 aliphatic heterocycles. The lowest BCUT2D eigenvalue weighted by molar-refractivity contribution is 0.416. The number of nitrogens with zero attached hydrogens (tertiary/aromatic N) is 1. The van der Waals surface area contributed by atoms with Gasteiger partial charge in [0.15, 0.2) is 0 Å². The molecule has 1 saturated carbocycles. The van der Waals surface area contributed by atoms with E-state index in [9.17, 15) is 0 Å². The first kappa shape index (κ1) is 11.1. The third-order valence-electron chi connectivity index (χ3n) is 3.36. The minimum atomic E-state index is 0.534. The fourth-order valence-corrected chi connectivity index (χ4v) is 2.24. The summed E-state index contributed by atoms with van der Waals surface area (Å²) in [6, 6.07) is 10.3. The number of aromatic nitrogens is 1. The molecule has 2 N–H and O–H groups in total. The van der Waals surface area contributed by atoms with Crippen LogP contribution in [0.2, 0.25) is 0 Å². The zero-order valence-corrected chi connectivity index (χ0v) is 10.4. The number of hydrogen-bond donors (Lipinski definition) is 1. The molecule has 0 saturated heterocycles. The molecule has 1 fully saturated rings. The maximum absolute atomic E-state index is 5.75. The van der Waals surface area contributed by atoms with Crippen molar-refractivity contribution >= 4 is 5.82 Å². The molecule has 1 aliphatic rings. The standard InChI is InChI=1S/C15H16N2O/c1-18-14-5-4-11(10-2-3-10)8-13(14)12-6-7-17-15(16)9-12/h4-10H,2-3H2,1H3,(H2,16,17). The minimum Gasteiger partial charge on any atom is -0.496 e. The van der Waals surface area contributed by atoms with Crippen LogP contribution in [-0.2, 0) is 0 Å². The molecule has 3 nitrogen and oxygen atoms in total. The Morgan fingerprint density at radius 3 is 2.72 bits per heavy atom. The summed E-state index contributed by atoms with van der Waals surface area (Å²) in [7, 11) is 1.69. The van der Waals surface area contributed by atoms with Crippen LogP contribution in [0.5, 0.6) is 5.75 Å². The molecule has 18 heavy (non-hydrogen) atoms. The Morgan fingerprint density at radius 2 is 2.06 bits per heavy atom. The average molecular weight is 240 g/mol. The van der Waals surface area contributed by atoms with Gasteiger partial charge in [0.1, 0.15) is 11.6 Å². The lowest BCUT2D eigenvalue weighted by Crippen LogP contribution is -1.93. The quantitative estimate of drug-likeness (QED) is 0.896. The van der Waals surface area contributed by atoms with E-state index in [1.165, 1.54) is 18.4 Å². The Balaban J connectivity index is 2.10. The Hall–Kier alpha value is -2.03. The molecule has 0 unspecified atom stereocenters. The van der Waals surface area contributed by atoms with E-state index >= 15 is 0 Å². The monoisotopic (exact) mass is 240 g/mol. The Morgan fingerprint density at radius 1 is 1.22 bits per heavy atom. The third-order valence-corrected chi connectivity index (χ3v) is 3.36. The lowest BCUT2D eigenvalue weighted by Gasteiger charge is -2.11. The smallest absolute Gasteiger partial charge is 0.126 e. The van der Waals surface area contributed by atoms with Gasteiger partial charge in [0.25, 0.3) is 0 Å². The van der Waals surface area contributed by atoms with Gasteiger partial charge in [0.05, 0.1) is 7.11 Å². The molecule has 1 aromatic carbocycles. The summed E-state index contributed by atoms with van der Waals surface area (Å²) in [6.07, 6.45) is 4.32. The van der Waals surface area contributed by atoms with Gasteiger partial charge >= 0.3 is 0 Å². The van der Waals surface area contributed by atoms with Gasteiger partial charge in [-0.2, -0.15) is 0 Å². The van der Waals surface area contributed by atoms with Crippen molar-refractivity contribution in [2.24, 2.45) is 0 Å². The Labute approximate surface area is 107 Å². The molecule has 1 heterocycles.